The number of carbonyl (C=O) groups is 2. The number of amides is 1. The lowest BCUT2D eigenvalue weighted by atomic mass is 10.1. The zero-order valence-corrected chi connectivity index (χ0v) is 18.1. The minimum absolute atomic E-state index is 0.0127. The van der Waals surface area contributed by atoms with Gasteiger partial charge in [0.25, 0.3) is 0 Å². The molecule has 0 aliphatic carbocycles. The number of ether oxygens (including phenoxy) is 1. The zero-order valence-electron chi connectivity index (χ0n) is 18.1. The number of nitrogens with zero attached hydrogens (tertiary/aromatic N) is 2. The molecule has 0 radical (unpaired) electrons. The summed E-state index contributed by atoms with van der Waals surface area (Å²) in [5, 5.41) is 13.4. The second-order valence-corrected chi connectivity index (χ2v) is 8.78. The third-order valence-electron chi connectivity index (χ3n) is 4.71. The van der Waals surface area contributed by atoms with Gasteiger partial charge in [-0.2, -0.15) is 0 Å². The van der Waals surface area contributed by atoms with Gasteiger partial charge >= 0.3 is 0 Å². The molecule has 1 aromatic rings. The van der Waals surface area contributed by atoms with Crippen LogP contribution in [0.25, 0.3) is 0 Å². The van der Waals surface area contributed by atoms with Crippen LogP contribution < -0.4 is 10.1 Å². The molecular weight excluding hydrogens is 370 g/mol. The first-order valence-electron chi connectivity index (χ1n) is 10.3. The van der Waals surface area contributed by atoms with Gasteiger partial charge in [-0.15, -0.1) is 0 Å². The van der Waals surface area contributed by atoms with Crippen LogP contribution in [0.4, 0.5) is 0 Å². The molecule has 1 saturated heterocycles. The summed E-state index contributed by atoms with van der Waals surface area (Å²) >= 11 is 0. The van der Waals surface area contributed by atoms with E-state index in [1.54, 1.807) is 24.3 Å². The number of hydrogen-bond donors (Lipinski definition) is 2. The largest absolute Gasteiger partial charge is 0.491 e. The Morgan fingerprint density at radius 3 is 2.55 bits per heavy atom. The standard InChI is InChI=1S/C22H35N3O4/c1-17(26)18-7-5-8-20(13-18)29-16-19(27)14-24-9-6-10-25(12-11-24)15-21(28)23-22(2,3)4/h5,7-8,13,19,27H,6,9-12,14-16H2,1-4H3,(H,23,28)/t19-/m1/s1. The van der Waals surface area contributed by atoms with E-state index in [4.69, 9.17) is 4.74 Å². The Balaban J connectivity index is 1.74. The molecule has 1 amide bonds. The number of rotatable bonds is 8. The van der Waals surface area contributed by atoms with E-state index in [2.05, 4.69) is 15.1 Å². The molecule has 1 fully saturated rings. The summed E-state index contributed by atoms with van der Waals surface area (Å²) in [5.41, 5.74) is 0.378. The van der Waals surface area contributed by atoms with Crippen molar-refractivity contribution >= 4 is 11.7 Å². The lowest BCUT2D eigenvalue weighted by Gasteiger charge is -2.25. The van der Waals surface area contributed by atoms with Gasteiger partial charge in [-0.25, -0.2) is 0 Å². The molecule has 2 rings (SSSR count). The highest BCUT2D eigenvalue weighted by atomic mass is 16.5. The summed E-state index contributed by atoms with van der Waals surface area (Å²) in [6.07, 6.45) is 0.337. The van der Waals surface area contributed by atoms with Gasteiger partial charge < -0.3 is 15.2 Å². The average molecular weight is 406 g/mol. The van der Waals surface area contributed by atoms with Crippen molar-refractivity contribution in [1.82, 2.24) is 15.1 Å². The van der Waals surface area contributed by atoms with Crippen LogP contribution in [0.2, 0.25) is 0 Å². The molecule has 7 heteroatoms. The summed E-state index contributed by atoms with van der Waals surface area (Å²) in [5.74, 6) is 0.622. The van der Waals surface area contributed by atoms with Crippen LogP contribution >= 0.6 is 0 Å². The molecule has 1 aliphatic heterocycles. The molecule has 0 spiro atoms. The molecule has 1 atom stereocenters. The molecule has 7 nitrogen and oxygen atoms in total. The molecule has 1 aliphatic rings. The van der Waals surface area contributed by atoms with Gasteiger partial charge in [0.15, 0.2) is 5.78 Å². The maximum atomic E-state index is 12.1. The lowest BCUT2D eigenvalue weighted by molar-refractivity contribution is -0.123. The number of nitrogens with one attached hydrogen (secondary N) is 1. The summed E-state index contributed by atoms with van der Waals surface area (Å²) < 4.78 is 5.66. The smallest absolute Gasteiger partial charge is 0.234 e. The monoisotopic (exact) mass is 405 g/mol. The fourth-order valence-electron chi connectivity index (χ4n) is 3.37. The van der Waals surface area contributed by atoms with E-state index >= 15 is 0 Å². The quantitative estimate of drug-likeness (QED) is 0.639. The summed E-state index contributed by atoms with van der Waals surface area (Å²) in [6.45, 7) is 11.9. The SMILES string of the molecule is CC(=O)c1cccc(OC[C@H](O)CN2CCCN(CC(=O)NC(C)(C)C)CC2)c1. The highest BCUT2D eigenvalue weighted by molar-refractivity contribution is 5.94. The molecule has 0 aromatic heterocycles. The molecule has 0 saturated carbocycles. The number of Topliss-reactive ketones (excluding diaryl/α,β-unsaturated/α-hetero) is 1. The third kappa shape index (κ3) is 8.94. The van der Waals surface area contributed by atoms with Gasteiger partial charge in [0, 0.05) is 30.7 Å². The molecule has 2 N–H and O–H groups in total. The Hall–Kier alpha value is -1.96. The highest BCUT2D eigenvalue weighted by Gasteiger charge is 2.21. The molecule has 0 unspecified atom stereocenters. The first-order valence-corrected chi connectivity index (χ1v) is 10.3. The fraction of sp³-hybridized carbons (Fsp3) is 0.636. The minimum atomic E-state index is -0.619. The normalized spacial score (nSPS) is 17.4. The van der Waals surface area contributed by atoms with Gasteiger partial charge in [-0.05, 0) is 59.3 Å². The topological polar surface area (TPSA) is 82.1 Å². The van der Waals surface area contributed by atoms with E-state index in [0.717, 1.165) is 32.6 Å². The van der Waals surface area contributed by atoms with Crippen molar-refractivity contribution in [2.75, 3.05) is 45.9 Å². The van der Waals surface area contributed by atoms with Crippen LogP contribution in [0, 0.1) is 0 Å². The summed E-state index contributed by atoms with van der Waals surface area (Å²) in [4.78, 5) is 28.0. The molecule has 162 valence electrons. The number of aliphatic hydroxyl groups excluding tert-OH is 1. The minimum Gasteiger partial charge on any atom is -0.491 e. The fourth-order valence-corrected chi connectivity index (χ4v) is 3.37. The molecular formula is C22H35N3O4. The Morgan fingerprint density at radius 2 is 1.86 bits per heavy atom. The second kappa shape index (κ2) is 10.7. The number of aliphatic hydroxyl groups is 1. The van der Waals surface area contributed by atoms with Crippen molar-refractivity contribution in [2.45, 2.75) is 45.8 Å². The highest BCUT2D eigenvalue weighted by Crippen LogP contribution is 2.14. The van der Waals surface area contributed by atoms with Crippen LogP contribution in [0.1, 0.15) is 44.5 Å². The number of carbonyl (C=O) groups excluding carboxylic acids is 2. The lowest BCUT2D eigenvalue weighted by Crippen LogP contribution is -2.46. The van der Waals surface area contributed by atoms with Gasteiger partial charge in [-0.3, -0.25) is 19.4 Å². The van der Waals surface area contributed by atoms with E-state index < -0.39 is 6.10 Å². The van der Waals surface area contributed by atoms with Crippen molar-refractivity contribution in [2.24, 2.45) is 0 Å². The van der Waals surface area contributed by atoms with E-state index in [-0.39, 0.29) is 23.8 Å². The van der Waals surface area contributed by atoms with Crippen LogP contribution in [-0.4, -0.2) is 84.1 Å². The Bertz CT molecular complexity index is 687. The summed E-state index contributed by atoms with van der Waals surface area (Å²) in [7, 11) is 0. The first-order chi connectivity index (χ1) is 13.6. The molecule has 1 heterocycles. The third-order valence-corrected chi connectivity index (χ3v) is 4.71. The maximum Gasteiger partial charge on any atom is 0.234 e. The molecule has 29 heavy (non-hydrogen) atoms. The van der Waals surface area contributed by atoms with E-state index in [1.165, 1.54) is 6.92 Å². The van der Waals surface area contributed by atoms with E-state index in [1.807, 2.05) is 20.8 Å². The predicted octanol–water partition coefficient (Wildman–Crippen LogP) is 1.55. The van der Waals surface area contributed by atoms with E-state index in [9.17, 15) is 14.7 Å². The number of hydrogen-bond acceptors (Lipinski definition) is 6. The van der Waals surface area contributed by atoms with Gasteiger partial charge in [-0.1, -0.05) is 12.1 Å². The number of ketones is 1. The van der Waals surface area contributed by atoms with Gasteiger partial charge in [0.2, 0.25) is 5.91 Å². The number of β-amino-alcohol motifs (C(OH)–C–C–N with tert-alkyl or cyclic N) is 1. The maximum absolute atomic E-state index is 12.1. The summed E-state index contributed by atoms with van der Waals surface area (Å²) in [6, 6.07) is 7.00. The van der Waals surface area contributed by atoms with Crippen molar-refractivity contribution in [1.29, 1.82) is 0 Å². The van der Waals surface area contributed by atoms with Crippen molar-refractivity contribution < 1.29 is 19.4 Å². The van der Waals surface area contributed by atoms with Crippen LogP contribution in [0.15, 0.2) is 24.3 Å². The zero-order chi connectivity index (χ0) is 21.4. The Kier molecular flexibility index (Phi) is 8.61. The van der Waals surface area contributed by atoms with Gasteiger partial charge in [0.1, 0.15) is 18.5 Å². The van der Waals surface area contributed by atoms with Crippen LogP contribution in [0.5, 0.6) is 5.75 Å². The van der Waals surface area contributed by atoms with Crippen LogP contribution in [0.3, 0.4) is 0 Å². The van der Waals surface area contributed by atoms with Crippen molar-refractivity contribution in [3.8, 4) is 5.75 Å². The number of benzene rings is 1. The van der Waals surface area contributed by atoms with E-state index in [0.29, 0.717) is 24.4 Å². The van der Waals surface area contributed by atoms with Crippen molar-refractivity contribution in [3.63, 3.8) is 0 Å². The first kappa shape index (κ1) is 23.3. The van der Waals surface area contributed by atoms with Crippen LogP contribution in [-0.2, 0) is 4.79 Å². The Labute approximate surface area is 174 Å². The Morgan fingerprint density at radius 1 is 1.17 bits per heavy atom. The average Bonchev–Trinajstić information content (AvgIpc) is 2.83. The molecule has 1 aromatic carbocycles. The molecule has 0 bridgehead atoms. The van der Waals surface area contributed by atoms with Crippen molar-refractivity contribution in [3.05, 3.63) is 29.8 Å². The second-order valence-electron chi connectivity index (χ2n) is 8.78. The van der Waals surface area contributed by atoms with Gasteiger partial charge in [0.05, 0.1) is 6.54 Å². The predicted molar refractivity (Wildman–Crippen MR) is 113 cm³/mol.